The van der Waals surface area contributed by atoms with E-state index >= 15 is 0 Å². The largest absolute Gasteiger partial charge is 0.490 e. The number of primary amides is 1. The standard InChI is InChI=1S/C19H23N3O3/c1-11(2)25-16-6-14-12(5-15(16)17(20)23)3-4-22-18(14)24-10-19-7-13(19)8-21-9-19/h3-6,11,13,21H,7-10H2,1-2H3,(H2,20,23)/t13?,19-/m1/s1. The molecule has 132 valence electrons. The minimum Gasteiger partial charge on any atom is -0.490 e. The molecule has 2 atom stereocenters. The fraction of sp³-hybridized carbons (Fsp3) is 0.474. The summed E-state index contributed by atoms with van der Waals surface area (Å²) in [4.78, 5) is 16.2. The Bertz CT molecular complexity index is 836. The van der Waals surface area contributed by atoms with E-state index in [4.69, 9.17) is 15.2 Å². The molecule has 1 saturated carbocycles. The van der Waals surface area contributed by atoms with E-state index in [9.17, 15) is 4.79 Å². The molecule has 6 heteroatoms. The lowest BCUT2D eigenvalue weighted by atomic mass is 10.1. The van der Waals surface area contributed by atoms with Crippen molar-refractivity contribution in [3.63, 3.8) is 0 Å². The highest BCUT2D eigenvalue weighted by molar-refractivity contribution is 6.01. The first-order valence-corrected chi connectivity index (χ1v) is 8.71. The summed E-state index contributed by atoms with van der Waals surface area (Å²) in [5.74, 6) is 1.27. The quantitative estimate of drug-likeness (QED) is 0.840. The number of carbonyl (C=O) groups excluding carboxylic acids is 1. The van der Waals surface area contributed by atoms with Gasteiger partial charge in [0.05, 0.1) is 18.3 Å². The predicted molar refractivity (Wildman–Crippen MR) is 94.9 cm³/mol. The fourth-order valence-electron chi connectivity index (χ4n) is 3.71. The van der Waals surface area contributed by atoms with Gasteiger partial charge < -0.3 is 20.5 Å². The highest BCUT2D eigenvalue weighted by Gasteiger charge is 2.57. The second kappa shape index (κ2) is 5.88. The highest BCUT2D eigenvalue weighted by atomic mass is 16.5. The number of amides is 1. The topological polar surface area (TPSA) is 86.5 Å². The molecule has 4 rings (SSSR count). The number of benzene rings is 1. The smallest absolute Gasteiger partial charge is 0.252 e. The third-order valence-corrected chi connectivity index (χ3v) is 5.18. The van der Waals surface area contributed by atoms with Crippen LogP contribution in [0.15, 0.2) is 24.4 Å². The van der Waals surface area contributed by atoms with Crippen molar-refractivity contribution in [2.24, 2.45) is 17.1 Å². The number of nitrogens with one attached hydrogen (secondary N) is 1. The number of ether oxygens (including phenoxy) is 2. The van der Waals surface area contributed by atoms with Gasteiger partial charge in [0.2, 0.25) is 5.88 Å². The Balaban J connectivity index is 1.68. The molecule has 1 aromatic carbocycles. The van der Waals surface area contributed by atoms with E-state index in [1.165, 1.54) is 6.42 Å². The first-order chi connectivity index (χ1) is 12.0. The lowest BCUT2D eigenvalue weighted by Gasteiger charge is -2.17. The van der Waals surface area contributed by atoms with Gasteiger partial charge in [-0.25, -0.2) is 4.98 Å². The number of hydrogen-bond acceptors (Lipinski definition) is 5. The van der Waals surface area contributed by atoms with Crippen LogP contribution in [0.1, 0.15) is 30.6 Å². The molecule has 1 saturated heterocycles. The van der Waals surface area contributed by atoms with Crippen molar-refractivity contribution in [2.75, 3.05) is 19.7 Å². The van der Waals surface area contributed by atoms with Crippen molar-refractivity contribution in [3.05, 3.63) is 30.0 Å². The number of hydrogen-bond donors (Lipinski definition) is 2. The van der Waals surface area contributed by atoms with Gasteiger partial charge in [-0.15, -0.1) is 0 Å². The molecule has 0 spiro atoms. The van der Waals surface area contributed by atoms with Gasteiger partial charge in [0, 0.05) is 23.5 Å². The van der Waals surface area contributed by atoms with E-state index in [0.717, 1.165) is 29.8 Å². The summed E-state index contributed by atoms with van der Waals surface area (Å²) in [6, 6.07) is 5.41. The SMILES string of the molecule is CC(C)Oc1cc2c(OC[C@@]34CNCC3C4)nccc2cc1C(N)=O. The second-order valence-corrected chi connectivity index (χ2v) is 7.40. The molecule has 2 fully saturated rings. The molecule has 2 aliphatic rings. The Morgan fingerprint density at radius 1 is 1.48 bits per heavy atom. The van der Waals surface area contributed by atoms with E-state index in [2.05, 4.69) is 10.3 Å². The Labute approximate surface area is 146 Å². The minimum absolute atomic E-state index is 0.0627. The number of nitrogens with zero attached hydrogens (tertiary/aromatic N) is 1. The fourth-order valence-corrected chi connectivity index (χ4v) is 3.71. The van der Waals surface area contributed by atoms with Crippen molar-refractivity contribution in [1.29, 1.82) is 0 Å². The summed E-state index contributed by atoms with van der Waals surface area (Å²) in [6.07, 6.45) is 2.85. The molecule has 6 nitrogen and oxygen atoms in total. The number of aromatic nitrogens is 1. The monoisotopic (exact) mass is 341 g/mol. The molecule has 3 N–H and O–H groups in total. The molecule has 25 heavy (non-hydrogen) atoms. The van der Waals surface area contributed by atoms with E-state index < -0.39 is 5.91 Å². The van der Waals surface area contributed by atoms with Gasteiger partial charge in [0.25, 0.3) is 5.91 Å². The van der Waals surface area contributed by atoms with Crippen molar-refractivity contribution in [1.82, 2.24) is 10.3 Å². The zero-order valence-electron chi connectivity index (χ0n) is 14.5. The Morgan fingerprint density at radius 3 is 2.96 bits per heavy atom. The molecular formula is C19H23N3O3. The predicted octanol–water partition coefficient (Wildman–Crippen LogP) is 2.11. The molecule has 1 unspecified atom stereocenters. The summed E-state index contributed by atoms with van der Waals surface area (Å²) < 4.78 is 11.9. The van der Waals surface area contributed by atoms with Crippen LogP contribution in [0.4, 0.5) is 0 Å². The Morgan fingerprint density at radius 2 is 2.32 bits per heavy atom. The zero-order valence-corrected chi connectivity index (χ0v) is 14.5. The average Bonchev–Trinajstić information content (AvgIpc) is 3.11. The van der Waals surface area contributed by atoms with E-state index in [1.54, 1.807) is 12.3 Å². The van der Waals surface area contributed by atoms with Crippen LogP contribution in [0.5, 0.6) is 11.6 Å². The maximum Gasteiger partial charge on any atom is 0.252 e. The first-order valence-electron chi connectivity index (χ1n) is 8.71. The lowest BCUT2D eigenvalue weighted by molar-refractivity contribution is 0.0994. The summed E-state index contributed by atoms with van der Waals surface area (Å²) in [7, 11) is 0. The Kier molecular flexibility index (Phi) is 3.80. The molecule has 1 aromatic heterocycles. The second-order valence-electron chi connectivity index (χ2n) is 7.40. The summed E-state index contributed by atoms with van der Waals surface area (Å²) in [5, 5.41) is 5.12. The molecule has 1 aliphatic carbocycles. The molecule has 1 amide bonds. The molecule has 2 heterocycles. The van der Waals surface area contributed by atoms with Gasteiger partial charge in [-0.1, -0.05) is 0 Å². The molecule has 0 radical (unpaired) electrons. The molecule has 0 bridgehead atoms. The van der Waals surface area contributed by atoms with Gasteiger partial charge in [0.1, 0.15) is 5.75 Å². The Hall–Kier alpha value is -2.34. The maximum atomic E-state index is 11.8. The highest BCUT2D eigenvalue weighted by Crippen LogP contribution is 2.55. The van der Waals surface area contributed by atoms with Crippen LogP contribution < -0.4 is 20.5 Å². The first kappa shape index (κ1) is 16.1. The van der Waals surface area contributed by atoms with Crippen LogP contribution in [0.2, 0.25) is 0 Å². The van der Waals surface area contributed by atoms with Gasteiger partial charge >= 0.3 is 0 Å². The van der Waals surface area contributed by atoms with Gasteiger partial charge in [0.15, 0.2) is 0 Å². The number of pyridine rings is 1. The zero-order chi connectivity index (χ0) is 17.6. The van der Waals surface area contributed by atoms with E-state index in [0.29, 0.717) is 23.8 Å². The van der Waals surface area contributed by atoms with E-state index in [-0.39, 0.29) is 11.5 Å². The van der Waals surface area contributed by atoms with Crippen LogP contribution >= 0.6 is 0 Å². The van der Waals surface area contributed by atoms with Crippen molar-refractivity contribution >= 4 is 16.7 Å². The summed E-state index contributed by atoms with van der Waals surface area (Å²) >= 11 is 0. The van der Waals surface area contributed by atoms with Crippen LogP contribution in [0, 0.1) is 11.3 Å². The minimum atomic E-state index is -0.506. The van der Waals surface area contributed by atoms with Crippen LogP contribution in [0.3, 0.4) is 0 Å². The molecule has 1 aliphatic heterocycles. The number of nitrogens with two attached hydrogens (primary N) is 1. The maximum absolute atomic E-state index is 11.8. The van der Waals surface area contributed by atoms with Crippen molar-refractivity contribution in [2.45, 2.75) is 26.4 Å². The third kappa shape index (κ3) is 2.91. The number of rotatable bonds is 6. The molecule has 2 aromatic rings. The third-order valence-electron chi connectivity index (χ3n) is 5.18. The van der Waals surface area contributed by atoms with Crippen molar-refractivity contribution in [3.8, 4) is 11.6 Å². The summed E-state index contributed by atoms with van der Waals surface area (Å²) in [5.41, 5.74) is 6.16. The van der Waals surface area contributed by atoms with Gasteiger partial charge in [-0.3, -0.25) is 4.79 Å². The average molecular weight is 341 g/mol. The number of fused-ring (bicyclic) bond motifs is 2. The molecular weight excluding hydrogens is 318 g/mol. The van der Waals surface area contributed by atoms with Gasteiger partial charge in [-0.2, -0.15) is 0 Å². The number of carbonyl (C=O) groups is 1. The van der Waals surface area contributed by atoms with Crippen LogP contribution in [-0.2, 0) is 0 Å². The van der Waals surface area contributed by atoms with Crippen molar-refractivity contribution < 1.29 is 14.3 Å². The van der Waals surface area contributed by atoms with Crippen LogP contribution in [0.25, 0.3) is 10.8 Å². The van der Waals surface area contributed by atoms with Crippen LogP contribution in [-0.4, -0.2) is 36.7 Å². The summed E-state index contributed by atoms with van der Waals surface area (Å²) in [6.45, 7) is 6.58. The normalized spacial score (nSPS) is 24.4. The van der Waals surface area contributed by atoms with Gasteiger partial charge in [-0.05, 0) is 56.3 Å². The number of piperidine rings is 1. The van der Waals surface area contributed by atoms with E-state index in [1.807, 2.05) is 26.0 Å². The lowest BCUT2D eigenvalue weighted by Crippen LogP contribution is -2.22.